The van der Waals surface area contributed by atoms with Crippen molar-refractivity contribution in [1.29, 1.82) is 0 Å². The van der Waals surface area contributed by atoms with E-state index < -0.39 is 0 Å². The Labute approximate surface area is 148 Å². The summed E-state index contributed by atoms with van der Waals surface area (Å²) in [6.45, 7) is 4.83. The molecule has 5 heteroatoms. The van der Waals surface area contributed by atoms with E-state index in [9.17, 15) is 0 Å². The molecule has 0 aliphatic rings. The van der Waals surface area contributed by atoms with Gasteiger partial charge in [-0.25, -0.2) is 4.98 Å². The molecule has 0 radical (unpaired) electrons. The Morgan fingerprint density at radius 3 is 2.36 bits per heavy atom. The van der Waals surface area contributed by atoms with Gasteiger partial charge in [0.15, 0.2) is 0 Å². The molecule has 0 amide bonds. The third-order valence-electron chi connectivity index (χ3n) is 4.01. The van der Waals surface area contributed by atoms with E-state index in [1.54, 1.807) is 13.3 Å². The van der Waals surface area contributed by atoms with Crippen LogP contribution in [0.1, 0.15) is 16.7 Å². The molecule has 0 fully saturated rings. The van der Waals surface area contributed by atoms with Crippen molar-refractivity contribution < 1.29 is 4.74 Å². The van der Waals surface area contributed by atoms with Crippen molar-refractivity contribution in [3.8, 4) is 5.75 Å². The van der Waals surface area contributed by atoms with Crippen LogP contribution >= 0.6 is 0 Å². The number of methoxy groups -OCH3 is 1. The Balaban J connectivity index is 1.68. The first-order valence-corrected chi connectivity index (χ1v) is 8.19. The van der Waals surface area contributed by atoms with Crippen LogP contribution < -0.4 is 15.4 Å². The van der Waals surface area contributed by atoms with Crippen LogP contribution in [-0.4, -0.2) is 17.1 Å². The lowest BCUT2D eigenvalue weighted by Crippen LogP contribution is -2.05. The summed E-state index contributed by atoms with van der Waals surface area (Å²) < 4.78 is 5.17. The quantitative estimate of drug-likeness (QED) is 0.697. The molecule has 2 aromatic carbocycles. The number of rotatable bonds is 6. The van der Waals surface area contributed by atoms with Crippen LogP contribution in [0.3, 0.4) is 0 Å². The van der Waals surface area contributed by atoms with Crippen LogP contribution in [0.5, 0.6) is 5.75 Å². The van der Waals surface area contributed by atoms with Gasteiger partial charge in [-0.3, -0.25) is 0 Å². The number of anilines is 3. The molecule has 0 saturated carbocycles. The Morgan fingerprint density at radius 2 is 1.68 bits per heavy atom. The van der Waals surface area contributed by atoms with Crippen LogP contribution in [-0.2, 0) is 6.54 Å². The highest BCUT2D eigenvalue weighted by molar-refractivity contribution is 5.63. The van der Waals surface area contributed by atoms with Gasteiger partial charge in [-0.1, -0.05) is 30.3 Å². The highest BCUT2D eigenvalue weighted by Gasteiger charge is 2.05. The highest BCUT2D eigenvalue weighted by atomic mass is 16.5. The zero-order valence-corrected chi connectivity index (χ0v) is 14.7. The number of aryl methyl sites for hydroxylation is 2. The second kappa shape index (κ2) is 7.66. The highest BCUT2D eigenvalue weighted by Crippen LogP contribution is 2.23. The summed E-state index contributed by atoms with van der Waals surface area (Å²) in [5.41, 5.74) is 4.54. The molecule has 0 spiro atoms. The predicted octanol–water partition coefficient (Wildman–Crippen LogP) is 4.46. The van der Waals surface area contributed by atoms with Gasteiger partial charge in [0.2, 0.25) is 5.95 Å². The molecule has 0 aliphatic carbocycles. The zero-order valence-electron chi connectivity index (χ0n) is 14.7. The number of hydrogen-bond acceptors (Lipinski definition) is 5. The van der Waals surface area contributed by atoms with Crippen LogP contribution in [0.15, 0.2) is 54.7 Å². The first-order chi connectivity index (χ1) is 12.2. The molecule has 128 valence electrons. The summed E-state index contributed by atoms with van der Waals surface area (Å²) in [5.74, 6) is 2.21. The fourth-order valence-electron chi connectivity index (χ4n) is 2.58. The lowest BCUT2D eigenvalue weighted by molar-refractivity contribution is 0.414. The Hall–Kier alpha value is -3.08. The minimum atomic E-state index is 0.581. The maximum Gasteiger partial charge on any atom is 0.229 e. The second-order valence-electron chi connectivity index (χ2n) is 5.86. The molecule has 3 aromatic rings. The third-order valence-corrected chi connectivity index (χ3v) is 4.01. The smallest absolute Gasteiger partial charge is 0.229 e. The summed E-state index contributed by atoms with van der Waals surface area (Å²) in [4.78, 5) is 8.86. The molecule has 0 unspecified atom stereocenters. The van der Waals surface area contributed by atoms with Gasteiger partial charge in [0.05, 0.1) is 7.11 Å². The van der Waals surface area contributed by atoms with E-state index in [2.05, 4.69) is 46.6 Å². The number of ether oxygens (including phenoxy) is 1. The molecule has 3 rings (SSSR count). The Kier molecular flexibility index (Phi) is 5.14. The standard InChI is InChI=1S/C20H22N4O/c1-14-5-4-6-15(2)19(14)24-20-21-12-11-18(23-20)22-13-16-7-9-17(25-3)10-8-16/h4-12H,13H2,1-3H3,(H2,21,22,23,24). The predicted molar refractivity (Wildman–Crippen MR) is 102 cm³/mol. The summed E-state index contributed by atoms with van der Waals surface area (Å²) >= 11 is 0. The van der Waals surface area contributed by atoms with Crippen molar-refractivity contribution in [2.24, 2.45) is 0 Å². The molecule has 0 saturated heterocycles. The monoisotopic (exact) mass is 334 g/mol. The molecule has 25 heavy (non-hydrogen) atoms. The van der Waals surface area contributed by atoms with Crippen molar-refractivity contribution >= 4 is 17.5 Å². The second-order valence-corrected chi connectivity index (χ2v) is 5.86. The van der Waals surface area contributed by atoms with Gasteiger partial charge in [-0.2, -0.15) is 4.98 Å². The lowest BCUT2D eigenvalue weighted by Gasteiger charge is -2.12. The summed E-state index contributed by atoms with van der Waals surface area (Å²) in [5, 5.41) is 6.64. The average molecular weight is 334 g/mol. The van der Waals surface area contributed by atoms with Gasteiger partial charge in [-0.15, -0.1) is 0 Å². The van der Waals surface area contributed by atoms with Crippen LogP contribution in [0.4, 0.5) is 17.5 Å². The number of nitrogens with one attached hydrogen (secondary N) is 2. The minimum Gasteiger partial charge on any atom is -0.497 e. The zero-order chi connectivity index (χ0) is 17.6. The molecule has 0 bridgehead atoms. The molecule has 0 atom stereocenters. The molecule has 5 nitrogen and oxygen atoms in total. The maximum absolute atomic E-state index is 5.17. The summed E-state index contributed by atoms with van der Waals surface area (Å²) in [6, 6.07) is 16.0. The van der Waals surface area contributed by atoms with E-state index in [0.29, 0.717) is 12.5 Å². The number of nitrogens with zero attached hydrogens (tertiary/aromatic N) is 2. The van der Waals surface area contributed by atoms with E-state index in [1.165, 1.54) is 11.1 Å². The van der Waals surface area contributed by atoms with E-state index in [1.807, 2.05) is 36.4 Å². The van der Waals surface area contributed by atoms with Gasteiger partial charge in [-0.05, 0) is 48.7 Å². The van der Waals surface area contributed by atoms with Gasteiger partial charge in [0.1, 0.15) is 11.6 Å². The van der Waals surface area contributed by atoms with Crippen LogP contribution in [0.25, 0.3) is 0 Å². The fourth-order valence-corrected chi connectivity index (χ4v) is 2.58. The normalized spacial score (nSPS) is 10.4. The number of para-hydroxylation sites is 1. The van der Waals surface area contributed by atoms with Crippen molar-refractivity contribution in [2.75, 3.05) is 17.7 Å². The van der Waals surface area contributed by atoms with Gasteiger partial charge in [0, 0.05) is 18.4 Å². The molecule has 0 aliphatic heterocycles. The van der Waals surface area contributed by atoms with E-state index in [0.717, 1.165) is 22.8 Å². The lowest BCUT2D eigenvalue weighted by atomic mass is 10.1. The number of hydrogen-bond donors (Lipinski definition) is 2. The number of aromatic nitrogens is 2. The molecular formula is C20H22N4O. The third kappa shape index (κ3) is 4.26. The molecule has 1 heterocycles. The van der Waals surface area contributed by atoms with Crippen molar-refractivity contribution in [3.63, 3.8) is 0 Å². The van der Waals surface area contributed by atoms with Gasteiger partial charge < -0.3 is 15.4 Å². The Morgan fingerprint density at radius 1 is 0.960 bits per heavy atom. The SMILES string of the molecule is COc1ccc(CNc2ccnc(Nc3c(C)cccc3C)n2)cc1. The molecule has 2 N–H and O–H groups in total. The molecular weight excluding hydrogens is 312 g/mol. The topological polar surface area (TPSA) is 59.1 Å². The molecule has 1 aromatic heterocycles. The van der Waals surface area contributed by atoms with E-state index in [4.69, 9.17) is 4.74 Å². The largest absolute Gasteiger partial charge is 0.497 e. The van der Waals surface area contributed by atoms with Gasteiger partial charge >= 0.3 is 0 Å². The minimum absolute atomic E-state index is 0.581. The first-order valence-electron chi connectivity index (χ1n) is 8.19. The van der Waals surface area contributed by atoms with Crippen molar-refractivity contribution in [2.45, 2.75) is 20.4 Å². The van der Waals surface area contributed by atoms with Crippen LogP contribution in [0.2, 0.25) is 0 Å². The maximum atomic E-state index is 5.17. The van der Waals surface area contributed by atoms with Crippen molar-refractivity contribution in [1.82, 2.24) is 9.97 Å². The average Bonchev–Trinajstić information content (AvgIpc) is 2.64. The Bertz CT molecular complexity index is 826. The first kappa shape index (κ1) is 16.8. The van der Waals surface area contributed by atoms with E-state index in [-0.39, 0.29) is 0 Å². The summed E-state index contributed by atoms with van der Waals surface area (Å²) in [6.07, 6.45) is 1.75. The van der Waals surface area contributed by atoms with Crippen molar-refractivity contribution in [3.05, 3.63) is 71.4 Å². The van der Waals surface area contributed by atoms with E-state index >= 15 is 0 Å². The van der Waals surface area contributed by atoms with Gasteiger partial charge in [0.25, 0.3) is 0 Å². The summed E-state index contributed by atoms with van der Waals surface area (Å²) in [7, 11) is 1.67. The van der Waals surface area contributed by atoms with Crippen LogP contribution in [0, 0.1) is 13.8 Å². The number of benzene rings is 2. The fraction of sp³-hybridized carbons (Fsp3) is 0.200.